The molecule has 0 aliphatic heterocycles. The number of hydrogen-bond acceptors (Lipinski definition) is 8. The summed E-state index contributed by atoms with van der Waals surface area (Å²) in [5, 5.41) is 9.76. The second-order valence-corrected chi connectivity index (χ2v) is 8.78. The van der Waals surface area contributed by atoms with E-state index >= 15 is 0 Å². The van der Waals surface area contributed by atoms with Crippen LogP contribution in [0.3, 0.4) is 0 Å². The number of hydrogen-bond donors (Lipinski definition) is 4. The van der Waals surface area contributed by atoms with Crippen LogP contribution in [0.15, 0.2) is 18.2 Å². The molecule has 1 aliphatic carbocycles. The number of nitrogens with zero attached hydrogens (tertiary/aromatic N) is 3. The molecule has 31 heavy (non-hydrogen) atoms. The molecule has 0 amide bonds. The van der Waals surface area contributed by atoms with Crippen molar-refractivity contribution >= 4 is 23.5 Å². The van der Waals surface area contributed by atoms with Gasteiger partial charge in [-0.1, -0.05) is 25.7 Å². The van der Waals surface area contributed by atoms with Crippen molar-refractivity contribution in [2.75, 3.05) is 29.6 Å². The van der Waals surface area contributed by atoms with E-state index in [2.05, 4.69) is 30.9 Å². The van der Waals surface area contributed by atoms with Crippen LogP contribution in [0.2, 0.25) is 0 Å². The standard InChI is InChI=1S/C22H34FN7O/c1-22(2,24)12-13-25-19-28-20(26-15-8-6-4-5-7-9-15)30-21(29-19)27-16-10-11-18(31-3)17(23)14-16/h10-11,14-15H,4-9,12-13,24H2,1-3H3,(H3,25,26,27,28,29,30). The zero-order valence-corrected chi connectivity index (χ0v) is 18.7. The lowest BCUT2D eigenvalue weighted by atomic mass is 10.0. The Labute approximate surface area is 183 Å². The Balaban J connectivity index is 1.78. The Kier molecular flexibility index (Phi) is 7.84. The van der Waals surface area contributed by atoms with Gasteiger partial charge in [0.15, 0.2) is 11.6 Å². The molecule has 1 saturated carbocycles. The molecular weight excluding hydrogens is 397 g/mol. The van der Waals surface area contributed by atoms with Crippen LogP contribution in [0.25, 0.3) is 0 Å². The molecule has 1 aromatic heterocycles. The Morgan fingerprint density at radius 1 is 1.06 bits per heavy atom. The zero-order chi connectivity index (χ0) is 22.3. The molecule has 2 aromatic rings. The van der Waals surface area contributed by atoms with Crippen LogP contribution in [-0.4, -0.2) is 40.2 Å². The van der Waals surface area contributed by atoms with E-state index in [9.17, 15) is 4.39 Å². The largest absolute Gasteiger partial charge is 0.494 e. The number of benzene rings is 1. The van der Waals surface area contributed by atoms with Crippen molar-refractivity contribution in [1.29, 1.82) is 0 Å². The fourth-order valence-corrected chi connectivity index (χ4v) is 3.55. The summed E-state index contributed by atoms with van der Waals surface area (Å²) in [5.74, 6) is 1.02. The van der Waals surface area contributed by atoms with E-state index < -0.39 is 5.82 Å². The average molecular weight is 432 g/mol. The minimum absolute atomic E-state index is 0.184. The highest BCUT2D eigenvalue weighted by atomic mass is 19.1. The minimum Gasteiger partial charge on any atom is -0.494 e. The molecule has 0 spiro atoms. The van der Waals surface area contributed by atoms with Gasteiger partial charge < -0.3 is 26.4 Å². The van der Waals surface area contributed by atoms with Gasteiger partial charge in [0.25, 0.3) is 0 Å². The van der Waals surface area contributed by atoms with Crippen LogP contribution in [0.5, 0.6) is 5.75 Å². The molecule has 9 heteroatoms. The Morgan fingerprint density at radius 3 is 2.39 bits per heavy atom. The highest BCUT2D eigenvalue weighted by Gasteiger charge is 2.16. The van der Waals surface area contributed by atoms with E-state index in [0.717, 1.165) is 19.3 Å². The number of anilines is 4. The predicted octanol–water partition coefficient (Wildman–Crippen LogP) is 4.44. The van der Waals surface area contributed by atoms with Crippen molar-refractivity contribution in [3.8, 4) is 5.75 Å². The Morgan fingerprint density at radius 2 is 1.74 bits per heavy atom. The molecule has 0 atom stereocenters. The molecule has 0 unspecified atom stereocenters. The van der Waals surface area contributed by atoms with E-state index in [1.54, 1.807) is 12.1 Å². The maximum atomic E-state index is 14.1. The molecule has 0 saturated heterocycles. The minimum atomic E-state index is -0.457. The van der Waals surface area contributed by atoms with Crippen molar-refractivity contribution in [2.24, 2.45) is 5.73 Å². The first-order valence-corrected chi connectivity index (χ1v) is 11.0. The van der Waals surface area contributed by atoms with Gasteiger partial charge in [0.2, 0.25) is 17.8 Å². The Bertz CT molecular complexity index is 848. The monoisotopic (exact) mass is 431 g/mol. The van der Waals surface area contributed by atoms with Crippen molar-refractivity contribution in [2.45, 2.75) is 70.4 Å². The van der Waals surface area contributed by atoms with E-state index in [1.807, 2.05) is 13.8 Å². The molecule has 5 N–H and O–H groups in total. The first kappa shape index (κ1) is 23.0. The maximum absolute atomic E-state index is 14.1. The average Bonchev–Trinajstić information content (AvgIpc) is 2.96. The SMILES string of the molecule is COc1ccc(Nc2nc(NCCC(C)(C)N)nc(NC3CCCCCC3)n2)cc1F. The van der Waals surface area contributed by atoms with E-state index in [-0.39, 0.29) is 11.3 Å². The fourth-order valence-electron chi connectivity index (χ4n) is 3.55. The van der Waals surface area contributed by atoms with Crippen LogP contribution in [-0.2, 0) is 0 Å². The zero-order valence-electron chi connectivity index (χ0n) is 18.7. The molecule has 1 aromatic carbocycles. The lowest BCUT2D eigenvalue weighted by Gasteiger charge is -2.19. The van der Waals surface area contributed by atoms with Gasteiger partial charge in [0.1, 0.15) is 0 Å². The highest BCUT2D eigenvalue weighted by Crippen LogP contribution is 2.24. The summed E-state index contributed by atoms with van der Waals surface area (Å²) in [5.41, 5.74) is 6.31. The van der Waals surface area contributed by atoms with Crippen molar-refractivity contribution in [3.05, 3.63) is 24.0 Å². The molecule has 170 valence electrons. The molecule has 1 aliphatic rings. The highest BCUT2D eigenvalue weighted by molar-refractivity contribution is 5.57. The Hall–Kier alpha value is -2.68. The van der Waals surface area contributed by atoms with Gasteiger partial charge in [-0.3, -0.25) is 0 Å². The van der Waals surface area contributed by atoms with E-state index in [4.69, 9.17) is 10.5 Å². The van der Waals surface area contributed by atoms with Gasteiger partial charge >= 0.3 is 0 Å². The number of rotatable bonds is 9. The third-order valence-electron chi connectivity index (χ3n) is 5.28. The van der Waals surface area contributed by atoms with Crippen LogP contribution < -0.4 is 26.4 Å². The topological polar surface area (TPSA) is 110 Å². The molecule has 0 bridgehead atoms. The molecule has 0 radical (unpaired) electrons. The smallest absolute Gasteiger partial charge is 0.233 e. The predicted molar refractivity (Wildman–Crippen MR) is 123 cm³/mol. The maximum Gasteiger partial charge on any atom is 0.233 e. The van der Waals surface area contributed by atoms with Crippen molar-refractivity contribution < 1.29 is 9.13 Å². The van der Waals surface area contributed by atoms with Gasteiger partial charge in [-0.25, -0.2) is 4.39 Å². The van der Waals surface area contributed by atoms with Crippen molar-refractivity contribution in [3.63, 3.8) is 0 Å². The molecular formula is C22H34FN7O. The van der Waals surface area contributed by atoms with E-state index in [0.29, 0.717) is 36.1 Å². The third kappa shape index (κ3) is 7.50. The molecule has 8 nitrogen and oxygen atoms in total. The second-order valence-electron chi connectivity index (χ2n) is 8.78. The summed E-state index contributed by atoms with van der Waals surface area (Å²) >= 11 is 0. The normalized spacial score (nSPS) is 15.3. The summed E-state index contributed by atoms with van der Waals surface area (Å²) in [4.78, 5) is 13.5. The van der Waals surface area contributed by atoms with Crippen LogP contribution in [0.1, 0.15) is 58.8 Å². The quantitative estimate of drug-likeness (QED) is 0.432. The number of nitrogens with one attached hydrogen (secondary N) is 3. The van der Waals surface area contributed by atoms with Crippen LogP contribution >= 0.6 is 0 Å². The first-order valence-electron chi connectivity index (χ1n) is 11.0. The summed E-state index contributed by atoms with van der Waals surface area (Å²) in [6.45, 7) is 4.59. The summed E-state index contributed by atoms with van der Waals surface area (Å²) in [6.07, 6.45) is 7.91. The van der Waals surface area contributed by atoms with E-state index in [1.165, 1.54) is 38.9 Å². The van der Waals surface area contributed by atoms with Crippen LogP contribution in [0.4, 0.5) is 27.9 Å². The number of ether oxygens (including phenoxy) is 1. The molecule has 3 rings (SSSR count). The van der Waals surface area contributed by atoms with Crippen molar-refractivity contribution in [1.82, 2.24) is 15.0 Å². The van der Waals surface area contributed by atoms with Gasteiger partial charge in [-0.05, 0) is 45.2 Å². The van der Waals surface area contributed by atoms with Gasteiger partial charge in [0.05, 0.1) is 7.11 Å². The molecule has 1 fully saturated rings. The van der Waals surface area contributed by atoms with Crippen LogP contribution in [0, 0.1) is 5.82 Å². The molecule has 1 heterocycles. The summed E-state index contributed by atoms with van der Waals surface area (Å²) in [6, 6.07) is 4.97. The number of methoxy groups -OCH3 is 1. The summed E-state index contributed by atoms with van der Waals surface area (Å²) < 4.78 is 19.1. The number of halogens is 1. The number of nitrogens with two attached hydrogens (primary N) is 1. The van der Waals surface area contributed by atoms with Gasteiger partial charge in [0, 0.05) is 29.9 Å². The van der Waals surface area contributed by atoms with Gasteiger partial charge in [-0.2, -0.15) is 15.0 Å². The summed E-state index contributed by atoms with van der Waals surface area (Å²) in [7, 11) is 1.43. The number of aromatic nitrogens is 3. The third-order valence-corrected chi connectivity index (χ3v) is 5.28. The fraction of sp³-hybridized carbons (Fsp3) is 0.591. The van der Waals surface area contributed by atoms with Gasteiger partial charge in [-0.15, -0.1) is 0 Å². The first-order chi connectivity index (χ1) is 14.8. The lowest BCUT2D eigenvalue weighted by Crippen LogP contribution is -2.34. The second kappa shape index (κ2) is 10.6. The lowest BCUT2D eigenvalue weighted by molar-refractivity contribution is 0.386.